The van der Waals surface area contributed by atoms with Crippen molar-refractivity contribution in [2.75, 3.05) is 12.0 Å². The van der Waals surface area contributed by atoms with E-state index in [1.54, 1.807) is 30.3 Å². The molecule has 35 heavy (non-hydrogen) atoms. The number of fused-ring (bicyclic) bond motifs is 1. The normalized spacial score (nSPS) is 27.9. The molecular weight excluding hydrogens is 458 g/mol. The van der Waals surface area contributed by atoms with Crippen LogP contribution in [0, 0.1) is 0 Å². The maximum Gasteiger partial charge on any atom is 0.310 e. The second kappa shape index (κ2) is 10.3. The number of benzene rings is 1. The maximum atomic E-state index is 13.9. The molecular formula is C24H27N3O8. The van der Waals surface area contributed by atoms with E-state index in [0.29, 0.717) is 30.7 Å². The van der Waals surface area contributed by atoms with Gasteiger partial charge in [0.2, 0.25) is 24.4 Å². The Balaban J connectivity index is 1.64. The molecule has 2 fully saturated rings. The van der Waals surface area contributed by atoms with Crippen LogP contribution in [0.1, 0.15) is 32.1 Å². The number of cyclic esters (lactones) is 1. The summed E-state index contributed by atoms with van der Waals surface area (Å²) in [7, 11) is 1.46. The molecule has 0 bridgehead atoms. The van der Waals surface area contributed by atoms with E-state index in [4.69, 9.17) is 4.74 Å². The third-order valence-electron chi connectivity index (χ3n) is 6.57. The second-order valence-corrected chi connectivity index (χ2v) is 8.68. The molecule has 2 unspecified atom stereocenters. The first kappa shape index (κ1) is 24.4. The predicted molar refractivity (Wildman–Crippen MR) is 121 cm³/mol. The Bertz CT molecular complexity index is 1060. The Morgan fingerprint density at radius 3 is 2.69 bits per heavy atom. The summed E-state index contributed by atoms with van der Waals surface area (Å²) in [4.78, 5) is 65.3. The summed E-state index contributed by atoms with van der Waals surface area (Å²) in [5.41, 5.74) is 0.315. The van der Waals surface area contributed by atoms with Gasteiger partial charge in [-0.25, -0.2) is 0 Å². The third kappa shape index (κ3) is 4.90. The zero-order valence-electron chi connectivity index (χ0n) is 19.2. The van der Waals surface area contributed by atoms with Crippen molar-refractivity contribution in [1.82, 2.24) is 10.2 Å². The van der Waals surface area contributed by atoms with Gasteiger partial charge < -0.3 is 24.8 Å². The molecule has 4 rings (SSSR count). The molecule has 3 aliphatic rings. The highest BCUT2D eigenvalue weighted by Crippen LogP contribution is 2.33. The van der Waals surface area contributed by atoms with E-state index >= 15 is 0 Å². The maximum absolute atomic E-state index is 13.9. The first-order valence-electron chi connectivity index (χ1n) is 11.4. The van der Waals surface area contributed by atoms with Crippen LogP contribution in [-0.4, -0.2) is 77.6 Å². The highest BCUT2D eigenvalue weighted by Gasteiger charge is 2.46. The van der Waals surface area contributed by atoms with Crippen LogP contribution in [0.4, 0.5) is 5.69 Å². The van der Waals surface area contributed by atoms with Crippen molar-refractivity contribution in [2.24, 2.45) is 0 Å². The summed E-state index contributed by atoms with van der Waals surface area (Å²) in [5, 5.41) is 12.5. The summed E-state index contributed by atoms with van der Waals surface area (Å²) in [6.45, 7) is 0. The highest BCUT2D eigenvalue weighted by molar-refractivity contribution is 6.31. The van der Waals surface area contributed by atoms with Gasteiger partial charge in [0.05, 0.1) is 13.5 Å². The molecule has 0 aromatic heterocycles. The number of aliphatic hydroxyl groups excluding tert-OH is 1. The van der Waals surface area contributed by atoms with Gasteiger partial charge in [-0.3, -0.25) is 28.9 Å². The lowest BCUT2D eigenvalue weighted by molar-refractivity contribution is -0.155. The number of carbonyl (C=O) groups is 5. The van der Waals surface area contributed by atoms with Crippen molar-refractivity contribution >= 4 is 35.7 Å². The second-order valence-electron chi connectivity index (χ2n) is 8.68. The Kier molecular flexibility index (Phi) is 7.15. The molecule has 11 nitrogen and oxygen atoms in total. The fourth-order valence-electron chi connectivity index (χ4n) is 4.90. The number of rotatable bonds is 6. The van der Waals surface area contributed by atoms with Gasteiger partial charge in [0.25, 0.3) is 5.91 Å². The van der Waals surface area contributed by atoms with E-state index in [9.17, 15) is 29.1 Å². The quantitative estimate of drug-likeness (QED) is 0.249. The van der Waals surface area contributed by atoms with Crippen LogP contribution in [0.5, 0.6) is 5.75 Å². The summed E-state index contributed by atoms with van der Waals surface area (Å²) >= 11 is 0. The number of ether oxygens (including phenoxy) is 2. The van der Waals surface area contributed by atoms with Crippen molar-refractivity contribution in [2.45, 2.75) is 62.6 Å². The number of nitrogens with one attached hydrogen (secondary N) is 1. The van der Waals surface area contributed by atoms with Crippen LogP contribution in [0.3, 0.4) is 0 Å². The number of anilines is 1. The number of methoxy groups -OCH3 is 1. The number of hydrogen-bond donors (Lipinski definition) is 2. The molecule has 0 aliphatic carbocycles. The fraction of sp³-hybridized carbons (Fsp3) is 0.458. The van der Waals surface area contributed by atoms with E-state index < -0.39 is 48.1 Å². The van der Waals surface area contributed by atoms with Crippen LogP contribution in [-0.2, 0) is 28.7 Å². The molecule has 11 heteroatoms. The Labute approximate surface area is 201 Å². The minimum atomic E-state index is -1.45. The lowest BCUT2D eigenvalue weighted by Crippen LogP contribution is -2.58. The van der Waals surface area contributed by atoms with Crippen molar-refractivity contribution in [3.05, 3.63) is 36.4 Å². The van der Waals surface area contributed by atoms with Crippen LogP contribution in [0.2, 0.25) is 0 Å². The SMILES string of the molecule is COc1cccc(N(C(=O)C=O)[C@H]2CC=CC[C@@H]3CC[C@@H](C(=O)NC4CC(=O)OC4O)N3C2=O)c1. The zero-order valence-corrected chi connectivity index (χ0v) is 19.2. The first-order chi connectivity index (χ1) is 16.8. The molecule has 3 aliphatic heterocycles. The molecule has 5 atom stereocenters. The fourth-order valence-corrected chi connectivity index (χ4v) is 4.90. The number of amides is 3. The number of carbonyl (C=O) groups excluding carboxylic acids is 5. The van der Waals surface area contributed by atoms with Crippen molar-refractivity contribution in [1.29, 1.82) is 0 Å². The minimum absolute atomic E-state index is 0.150. The molecule has 0 spiro atoms. The van der Waals surface area contributed by atoms with Crippen molar-refractivity contribution < 1.29 is 38.6 Å². The average molecular weight is 485 g/mol. The largest absolute Gasteiger partial charge is 0.497 e. The van der Waals surface area contributed by atoms with Gasteiger partial charge in [-0.1, -0.05) is 18.2 Å². The Hall–Kier alpha value is -3.73. The van der Waals surface area contributed by atoms with E-state index in [2.05, 4.69) is 10.1 Å². The van der Waals surface area contributed by atoms with Crippen LogP contribution in [0.15, 0.2) is 36.4 Å². The number of aldehydes is 1. The predicted octanol–water partition coefficient (Wildman–Crippen LogP) is 0.0554. The van der Waals surface area contributed by atoms with Crippen LogP contribution < -0.4 is 15.0 Å². The zero-order chi connectivity index (χ0) is 25.1. The van der Waals surface area contributed by atoms with Crippen molar-refractivity contribution in [3.63, 3.8) is 0 Å². The molecule has 3 amide bonds. The number of hydrogen-bond acceptors (Lipinski definition) is 8. The molecule has 2 N–H and O–H groups in total. The molecule has 1 aromatic rings. The highest BCUT2D eigenvalue weighted by atomic mass is 16.6. The van der Waals surface area contributed by atoms with Crippen LogP contribution in [0.25, 0.3) is 0 Å². The molecule has 0 radical (unpaired) electrons. The van der Waals surface area contributed by atoms with Gasteiger partial charge in [-0.05, 0) is 37.8 Å². The standard InChI is InChI=1S/C24H27N3O8/c1-34-16-7-4-6-15(11-16)26(20(29)13-28)19-8-3-2-5-14-9-10-18(27(14)23(19)32)22(31)25-17-12-21(30)35-24(17)33/h2-4,6-7,11,13-14,17-19,24,33H,5,8-10,12H2,1H3,(H,25,31)/t14-,17?,18+,19+,24?/m1/s1. The summed E-state index contributed by atoms with van der Waals surface area (Å²) in [6.07, 6.45) is 3.87. The smallest absolute Gasteiger partial charge is 0.310 e. The van der Waals surface area contributed by atoms with Gasteiger partial charge in [0.1, 0.15) is 23.9 Å². The Morgan fingerprint density at radius 2 is 2.00 bits per heavy atom. The topological polar surface area (TPSA) is 143 Å². The number of aliphatic hydroxyl groups is 1. The third-order valence-corrected chi connectivity index (χ3v) is 6.57. The number of nitrogens with zero attached hydrogens (tertiary/aromatic N) is 2. The lowest BCUT2D eigenvalue weighted by atomic mass is 10.0. The van der Waals surface area contributed by atoms with E-state index in [-0.39, 0.29) is 25.2 Å². The van der Waals surface area contributed by atoms with Crippen LogP contribution >= 0.6 is 0 Å². The van der Waals surface area contributed by atoms with Gasteiger partial charge in [0, 0.05) is 17.8 Å². The molecule has 1 aromatic carbocycles. The summed E-state index contributed by atoms with van der Waals surface area (Å²) in [5.74, 6) is -2.05. The van der Waals surface area contributed by atoms with Gasteiger partial charge in [-0.2, -0.15) is 0 Å². The first-order valence-corrected chi connectivity index (χ1v) is 11.4. The summed E-state index contributed by atoms with van der Waals surface area (Å²) in [6, 6.07) is 3.38. The van der Waals surface area contributed by atoms with Gasteiger partial charge >= 0.3 is 5.97 Å². The van der Waals surface area contributed by atoms with E-state index in [0.717, 1.165) is 4.90 Å². The molecule has 2 saturated heterocycles. The lowest BCUT2D eigenvalue weighted by Gasteiger charge is -2.37. The molecule has 3 heterocycles. The van der Waals surface area contributed by atoms with Crippen molar-refractivity contribution in [3.8, 4) is 5.75 Å². The minimum Gasteiger partial charge on any atom is -0.497 e. The van der Waals surface area contributed by atoms with Gasteiger partial charge in [0.15, 0.2) is 0 Å². The molecule has 186 valence electrons. The molecule has 0 saturated carbocycles. The van der Waals surface area contributed by atoms with Gasteiger partial charge in [-0.15, -0.1) is 0 Å². The van der Waals surface area contributed by atoms with E-state index in [1.165, 1.54) is 12.0 Å². The monoisotopic (exact) mass is 485 g/mol. The summed E-state index contributed by atoms with van der Waals surface area (Å²) < 4.78 is 9.91. The Morgan fingerprint density at radius 1 is 1.23 bits per heavy atom. The van der Waals surface area contributed by atoms with E-state index in [1.807, 2.05) is 6.08 Å². The average Bonchev–Trinajstić information content (AvgIpc) is 3.40. The number of esters is 1.